The standard InChI is InChI=1S/C25H22F4N4O3/c1-2-22(16-3-7-18(26)8-4-16)35-24(34)33-20-9-5-17(6-10-20)23(30)32-15-31-19-11-13-21(14-12-19)36-25(27,28)29/h3-15,22H,2H2,1H3,(H,33,34)(H2,30,31,32)/p+1. The number of alkyl halides is 3. The Morgan fingerprint density at radius 1 is 1.06 bits per heavy atom. The molecule has 36 heavy (non-hydrogen) atoms. The van der Waals surface area contributed by atoms with E-state index in [2.05, 4.69) is 15.0 Å². The van der Waals surface area contributed by atoms with Crippen molar-refractivity contribution < 1.29 is 37.1 Å². The van der Waals surface area contributed by atoms with Gasteiger partial charge in [-0.25, -0.2) is 9.18 Å². The summed E-state index contributed by atoms with van der Waals surface area (Å²) in [7, 11) is 0. The molecule has 7 nitrogen and oxygen atoms in total. The van der Waals surface area contributed by atoms with Gasteiger partial charge in [-0.1, -0.05) is 19.1 Å². The highest BCUT2D eigenvalue weighted by Crippen LogP contribution is 2.23. The molecule has 188 valence electrons. The van der Waals surface area contributed by atoms with Crippen LogP contribution in [0.25, 0.3) is 0 Å². The predicted molar refractivity (Wildman–Crippen MR) is 126 cm³/mol. The SMILES string of the molecule is CCC(OC(=O)Nc1ccc(C(=N)N=C[NH2+]c2ccc(OC(F)(F)F)cc2)cc1)c1ccc(F)cc1. The van der Waals surface area contributed by atoms with Gasteiger partial charge in [0, 0.05) is 23.4 Å². The van der Waals surface area contributed by atoms with Crippen molar-refractivity contribution >= 4 is 29.6 Å². The lowest BCUT2D eigenvalue weighted by atomic mass is 10.1. The summed E-state index contributed by atoms with van der Waals surface area (Å²) in [4.78, 5) is 16.3. The van der Waals surface area contributed by atoms with Gasteiger partial charge in [0.1, 0.15) is 23.4 Å². The zero-order valence-electron chi connectivity index (χ0n) is 19.1. The van der Waals surface area contributed by atoms with Crippen LogP contribution in [0, 0.1) is 11.2 Å². The van der Waals surface area contributed by atoms with Crippen LogP contribution in [0.1, 0.15) is 30.6 Å². The van der Waals surface area contributed by atoms with Crippen LogP contribution in [-0.2, 0) is 4.74 Å². The molecule has 0 heterocycles. The molecule has 1 atom stereocenters. The van der Waals surface area contributed by atoms with Gasteiger partial charge >= 0.3 is 12.5 Å². The van der Waals surface area contributed by atoms with E-state index in [1.165, 1.54) is 48.1 Å². The number of ether oxygens (including phenoxy) is 2. The summed E-state index contributed by atoms with van der Waals surface area (Å²) < 4.78 is 59.0. The topological polar surface area (TPSA) is 100 Å². The molecule has 0 aliphatic heterocycles. The first-order valence-electron chi connectivity index (χ1n) is 10.8. The number of anilines is 1. The molecule has 3 aromatic carbocycles. The zero-order valence-corrected chi connectivity index (χ0v) is 19.1. The van der Waals surface area contributed by atoms with Crippen molar-refractivity contribution in [3.8, 4) is 5.75 Å². The van der Waals surface area contributed by atoms with Gasteiger partial charge in [0.2, 0.25) is 0 Å². The highest BCUT2D eigenvalue weighted by Gasteiger charge is 2.31. The number of hydrogen-bond acceptors (Lipinski definition) is 4. The highest BCUT2D eigenvalue weighted by atomic mass is 19.4. The molecule has 0 bridgehead atoms. The van der Waals surface area contributed by atoms with Crippen molar-refractivity contribution in [2.45, 2.75) is 25.8 Å². The number of carbonyl (C=O) groups excluding carboxylic acids is 1. The molecule has 3 aromatic rings. The molecule has 0 saturated heterocycles. The van der Waals surface area contributed by atoms with Crippen LogP contribution in [-0.4, -0.2) is 24.6 Å². The Morgan fingerprint density at radius 2 is 1.69 bits per heavy atom. The van der Waals surface area contributed by atoms with E-state index in [9.17, 15) is 22.4 Å². The van der Waals surface area contributed by atoms with E-state index >= 15 is 0 Å². The van der Waals surface area contributed by atoms with Gasteiger partial charge in [-0.05, 0) is 60.5 Å². The Kier molecular flexibility index (Phi) is 8.74. The maximum Gasteiger partial charge on any atom is 0.573 e. The van der Waals surface area contributed by atoms with Crippen LogP contribution in [0.2, 0.25) is 0 Å². The van der Waals surface area contributed by atoms with Crippen LogP contribution in [0.15, 0.2) is 77.8 Å². The number of amidine groups is 1. The van der Waals surface area contributed by atoms with E-state index in [1.54, 1.807) is 36.4 Å². The smallest absolute Gasteiger partial charge is 0.441 e. The molecule has 4 N–H and O–H groups in total. The predicted octanol–water partition coefficient (Wildman–Crippen LogP) is 5.67. The van der Waals surface area contributed by atoms with Crippen LogP contribution < -0.4 is 15.4 Å². The fourth-order valence-electron chi connectivity index (χ4n) is 3.11. The van der Waals surface area contributed by atoms with Gasteiger partial charge < -0.3 is 9.47 Å². The first kappa shape index (κ1) is 26.4. The molecule has 0 aliphatic carbocycles. The molecule has 3 rings (SSSR count). The number of carbonyl (C=O) groups is 1. The van der Waals surface area contributed by atoms with Gasteiger partial charge in [0.15, 0.2) is 12.2 Å². The van der Waals surface area contributed by atoms with Gasteiger partial charge in [0.25, 0.3) is 0 Å². The molecule has 1 unspecified atom stereocenters. The monoisotopic (exact) mass is 503 g/mol. The maximum atomic E-state index is 13.1. The van der Waals surface area contributed by atoms with Gasteiger partial charge in [-0.3, -0.25) is 16.0 Å². The quantitative estimate of drug-likeness (QED) is 0.160. The third-order valence-electron chi connectivity index (χ3n) is 4.85. The third-order valence-corrected chi connectivity index (χ3v) is 4.85. The van der Waals surface area contributed by atoms with Crippen LogP contribution >= 0.6 is 0 Å². The average Bonchev–Trinajstić information content (AvgIpc) is 2.84. The summed E-state index contributed by atoms with van der Waals surface area (Å²) in [5.74, 6) is -0.762. The first-order valence-corrected chi connectivity index (χ1v) is 10.8. The molecule has 0 radical (unpaired) electrons. The van der Waals surface area contributed by atoms with Crippen molar-refractivity contribution in [1.82, 2.24) is 0 Å². The zero-order chi connectivity index (χ0) is 26.1. The molecule has 0 spiro atoms. The Morgan fingerprint density at radius 3 is 2.28 bits per heavy atom. The molecular weight excluding hydrogens is 480 g/mol. The number of amides is 1. The molecule has 11 heteroatoms. The molecule has 0 saturated carbocycles. The van der Waals surface area contributed by atoms with Crippen molar-refractivity contribution in [2.24, 2.45) is 4.99 Å². The molecule has 0 fully saturated rings. The van der Waals surface area contributed by atoms with Crippen LogP contribution in [0.4, 0.5) is 33.7 Å². The minimum atomic E-state index is -4.75. The number of halogens is 4. The average molecular weight is 503 g/mol. The summed E-state index contributed by atoms with van der Waals surface area (Å²) in [5.41, 5.74) is 2.18. The van der Waals surface area contributed by atoms with E-state index < -0.39 is 18.6 Å². The van der Waals surface area contributed by atoms with Crippen molar-refractivity contribution in [1.29, 1.82) is 5.41 Å². The van der Waals surface area contributed by atoms with Gasteiger partial charge in [-0.2, -0.15) is 4.99 Å². The summed E-state index contributed by atoms with van der Waals surface area (Å²) in [6.45, 7) is 1.84. The highest BCUT2D eigenvalue weighted by molar-refractivity contribution is 6.00. The van der Waals surface area contributed by atoms with Crippen LogP contribution in [0.3, 0.4) is 0 Å². The fraction of sp³-hybridized carbons (Fsp3) is 0.160. The van der Waals surface area contributed by atoms with Crippen LogP contribution in [0.5, 0.6) is 5.75 Å². The van der Waals surface area contributed by atoms with E-state index in [0.717, 1.165) is 0 Å². The Hall–Kier alpha value is -4.25. The van der Waals surface area contributed by atoms with E-state index in [0.29, 0.717) is 28.9 Å². The lowest BCUT2D eigenvalue weighted by Crippen LogP contribution is -2.76. The second-order valence-electron chi connectivity index (χ2n) is 7.47. The Balaban J connectivity index is 1.50. The Bertz CT molecular complexity index is 1200. The lowest BCUT2D eigenvalue weighted by Gasteiger charge is -2.17. The molecular formula is C25H23F4N4O3+. The molecule has 0 aromatic heterocycles. The lowest BCUT2D eigenvalue weighted by molar-refractivity contribution is -0.432. The van der Waals surface area contributed by atoms with E-state index in [1.807, 2.05) is 6.92 Å². The fourth-order valence-corrected chi connectivity index (χ4v) is 3.11. The molecule has 1 amide bonds. The molecule has 0 aliphatic rings. The number of nitrogens with two attached hydrogens (primary N) is 1. The summed E-state index contributed by atoms with van der Waals surface area (Å²) in [6.07, 6.45) is -4.10. The van der Waals surface area contributed by atoms with Gasteiger partial charge in [-0.15, -0.1) is 13.2 Å². The minimum Gasteiger partial charge on any atom is -0.441 e. The van der Waals surface area contributed by atoms with Crippen molar-refractivity contribution in [3.63, 3.8) is 0 Å². The number of quaternary nitrogens is 1. The second kappa shape index (κ2) is 11.9. The first-order chi connectivity index (χ1) is 17.1. The number of hydrogen-bond donors (Lipinski definition) is 3. The summed E-state index contributed by atoms with van der Waals surface area (Å²) in [6, 6.07) is 17.3. The largest absolute Gasteiger partial charge is 0.573 e. The Labute approximate surface area is 204 Å². The number of aliphatic imine (C=N–C) groups is 1. The van der Waals surface area contributed by atoms with E-state index in [4.69, 9.17) is 10.1 Å². The van der Waals surface area contributed by atoms with Crippen molar-refractivity contribution in [3.05, 3.63) is 89.7 Å². The van der Waals surface area contributed by atoms with Gasteiger partial charge in [0.05, 0.1) is 0 Å². The van der Waals surface area contributed by atoms with E-state index in [-0.39, 0.29) is 17.4 Å². The maximum absolute atomic E-state index is 13.1. The number of nitrogens with one attached hydrogen (secondary N) is 2. The third kappa shape index (κ3) is 8.20. The number of nitrogens with zero attached hydrogens (tertiary/aromatic N) is 1. The summed E-state index contributed by atoms with van der Waals surface area (Å²) >= 11 is 0. The number of rotatable bonds is 8. The normalized spacial score (nSPS) is 12.2. The number of benzene rings is 3. The van der Waals surface area contributed by atoms with Crippen molar-refractivity contribution in [2.75, 3.05) is 5.32 Å². The second-order valence-corrected chi connectivity index (χ2v) is 7.47. The summed E-state index contributed by atoms with van der Waals surface area (Å²) in [5, 5.41) is 12.2. The minimum absolute atomic E-state index is 0.0558.